The maximum atomic E-state index is 14.4. The Bertz CT molecular complexity index is 1610. The largest absolute Gasteiger partial charge is 0.462 e. The van der Waals surface area contributed by atoms with Crippen molar-refractivity contribution in [2.75, 3.05) is 18.9 Å². The lowest BCUT2D eigenvalue weighted by Crippen LogP contribution is -2.40. The Kier molecular flexibility index (Phi) is 11.0. The summed E-state index contributed by atoms with van der Waals surface area (Å²) in [5.41, 5.74) is 7.75. The van der Waals surface area contributed by atoms with Gasteiger partial charge in [0.25, 0.3) is 0 Å². The topological polar surface area (TPSA) is 140 Å². The minimum absolute atomic E-state index is 0.0444. The Morgan fingerprint density at radius 2 is 1.77 bits per heavy atom. The van der Waals surface area contributed by atoms with Crippen molar-refractivity contribution in [2.24, 2.45) is 0 Å². The summed E-state index contributed by atoms with van der Waals surface area (Å²) in [7, 11) is -4.13. The lowest BCUT2D eigenvalue weighted by atomic mass is 9.94. The first-order valence-corrected chi connectivity index (χ1v) is 16.7. The van der Waals surface area contributed by atoms with E-state index in [-0.39, 0.29) is 19.3 Å². The molecule has 0 aliphatic heterocycles. The van der Waals surface area contributed by atoms with Crippen LogP contribution in [-0.2, 0) is 35.5 Å². The molecule has 0 fully saturated rings. The van der Waals surface area contributed by atoms with Crippen LogP contribution in [0, 0.1) is 0 Å². The van der Waals surface area contributed by atoms with Crippen LogP contribution in [0.5, 0.6) is 5.75 Å². The molecule has 2 heterocycles. The quantitative estimate of drug-likeness (QED) is 0.102. The molecule has 3 unspecified atom stereocenters. The number of nitrogens with two attached hydrogens (primary N) is 1. The SMILES string of the molecule is CCCCC(C)(COP(=O)(NC(C)C(=O)OC(C)C)Oc1ccccc1)n1c(COCC)nc2c(N)nc3ccccc3c21. The fourth-order valence-electron chi connectivity index (χ4n) is 5.08. The molecule has 0 bridgehead atoms. The Morgan fingerprint density at radius 1 is 1.07 bits per heavy atom. The average Bonchev–Trinajstić information content (AvgIpc) is 3.39. The number of carbonyl (C=O) groups is 1. The van der Waals surface area contributed by atoms with Crippen LogP contribution in [-0.4, -0.2) is 45.9 Å². The van der Waals surface area contributed by atoms with Gasteiger partial charge in [0.1, 0.15) is 29.7 Å². The molecule has 0 spiro atoms. The molecule has 0 saturated carbocycles. The second kappa shape index (κ2) is 14.5. The third kappa shape index (κ3) is 7.77. The number of carbonyl (C=O) groups excluding carboxylic acids is 1. The number of hydrogen-bond donors (Lipinski definition) is 2. The number of para-hydroxylation sites is 2. The number of rotatable bonds is 16. The van der Waals surface area contributed by atoms with Gasteiger partial charge in [-0.25, -0.2) is 14.5 Å². The molecule has 3 atom stereocenters. The highest BCUT2D eigenvalue weighted by molar-refractivity contribution is 7.52. The van der Waals surface area contributed by atoms with Crippen molar-refractivity contribution < 1.29 is 27.9 Å². The molecule has 3 N–H and O–H groups in total. The molecule has 0 amide bonds. The second-order valence-electron chi connectivity index (χ2n) is 11.3. The Labute approximate surface area is 259 Å². The van der Waals surface area contributed by atoms with Crippen LogP contribution >= 0.6 is 7.75 Å². The minimum Gasteiger partial charge on any atom is -0.462 e. The number of imidazole rings is 1. The zero-order valence-electron chi connectivity index (χ0n) is 26.4. The first-order valence-electron chi connectivity index (χ1n) is 15.1. The molecule has 44 heavy (non-hydrogen) atoms. The van der Waals surface area contributed by atoms with Crippen molar-refractivity contribution >= 4 is 41.5 Å². The lowest BCUT2D eigenvalue weighted by Gasteiger charge is -2.35. The zero-order chi connectivity index (χ0) is 31.9. The molecule has 0 saturated heterocycles. The molecule has 11 nitrogen and oxygen atoms in total. The maximum Gasteiger partial charge on any atom is 0.459 e. The summed E-state index contributed by atoms with van der Waals surface area (Å²) in [6.07, 6.45) is 2.08. The van der Waals surface area contributed by atoms with Gasteiger partial charge >= 0.3 is 13.7 Å². The molecular weight excluding hydrogens is 581 g/mol. The van der Waals surface area contributed by atoms with E-state index in [4.69, 9.17) is 29.2 Å². The number of nitrogens with zero attached hydrogens (tertiary/aromatic N) is 3. The summed E-state index contributed by atoms with van der Waals surface area (Å²) < 4.78 is 39.9. The number of ether oxygens (including phenoxy) is 2. The normalized spacial score (nSPS) is 15.2. The smallest absolute Gasteiger partial charge is 0.459 e. The van der Waals surface area contributed by atoms with Crippen LogP contribution in [0.4, 0.5) is 5.82 Å². The van der Waals surface area contributed by atoms with Crippen molar-refractivity contribution in [2.45, 2.75) is 85.1 Å². The van der Waals surface area contributed by atoms with Crippen LogP contribution < -0.4 is 15.3 Å². The van der Waals surface area contributed by atoms with E-state index in [0.29, 0.717) is 35.9 Å². The number of esters is 1. The highest BCUT2D eigenvalue weighted by atomic mass is 31.2. The van der Waals surface area contributed by atoms with Gasteiger partial charge in [0.05, 0.1) is 29.3 Å². The van der Waals surface area contributed by atoms with E-state index in [0.717, 1.165) is 29.3 Å². The third-order valence-electron chi connectivity index (χ3n) is 7.21. The van der Waals surface area contributed by atoms with E-state index in [1.165, 1.54) is 0 Å². The first kappa shape index (κ1) is 33.4. The number of aromatic nitrogens is 3. The molecule has 2 aromatic heterocycles. The van der Waals surface area contributed by atoms with E-state index < -0.39 is 25.3 Å². The Hall–Kier alpha value is -3.50. The van der Waals surface area contributed by atoms with E-state index in [9.17, 15) is 9.36 Å². The van der Waals surface area contributed by atoms with E-state index >= 15 is 0 Å². The van der Waals surface area contributed by atoms with Crippen LogP contribution in [0.1, 0.15) is 66.6 Å². The van der Waals surface area contributed by atoms with Gasteiger partial charge in [0.15, 0.2) is 5.82 Å². The monoisotopic (exact) mass is 625 g/mol. The predicted molar refractivity (Wildman–Crippen MR) is 172 cm³/mol. The molecular formula is C32H44N5O6P. The van der Waals surface area contributed by atoms with Gasteiger partial charge in [-0.1, -0.05) is 56.2 Å². The standard InChI is InChI=1S/C32H44N5O6P/c1-7-9-19-32(6,21-41-44(39,43-24-15-11-10-12-16-24)36-23(5)31(38)42-22(3)4)37-27(20-40-8-2)35-28-29(37)25-17-13-14-18-26(25)34-30(28)33/h10-18,22-23H,7-9,19-21H2,1-6H3,(H2,33,34)(H,36,39). The number of nitrogens with one attached hydrogen (secondary N) is 1. The Morgan fingerprint density at radius 3 is 2.45 bits per heavy atom. The number of unbranched alkanes of at least 4 members (excludes halogenated alkanes) is 1. The van der Waals surface area contributed by atoms with Gasteiger partial charge in [-0.2, -0.15) is 5.09 Å². The fourth-order valence-corrected chi connectivity index (χ4v) is 6.69. The van der Waals surface area contributed by atoms with Crippen LogP contribution in [0.25, 0.3) is 21.9 Å². The molecule has 0 aliphatic rings. The second-order valence-corrected chi connectivity index (χ2v) is 13.0. The van der Waals surface area contributed by atoms with E-state index in [1.807, 2.05) is 44.2 Å². The minimum atomic E-state index is -4.13. The van der Waals surface area contributed by atoms with Crippen molar-refractivity contribution in [1.29, 1.82) is 0 Å². The lowest BCUT2D eigenvalue weighted by molar-refractivity contribution is -0.149. The number of pyridine rings is 1. The van der Waals surface area contributed by atoms with Crippen molar-refractivity contribution in [3.63, 3.8) is 0 Å². The summed E-state index contributed by atoms with van der Waals surface area (Å²) in [6, 6.07) is 15.5. The van der Waals surface area contributed by atoms with Gasteiger partial charge < -0.3 is 24.3 Å². The number of hydrogen-bond acceptors (Lipinski definition) is 9. The maximum absolute atomic E-state index is 14.4. The number of anilines is 1. The molecule has 2 aromatic carbocycles. The molecule has 4 rings (SSSR count). The average molecular weight is 626 g/mol. The summed E-state index contributed by atoms with van der Waals surface area (Å²) in [5, 5.41) is 3.68. The Balaban J connectivity index is 1.81. The molecule has 0 radical (unpaired) electrons. The summed E-state index contributed by atoms with van der Waals surface area (Å²) in [6.45, 7) is 11.8. The van der Waals surface area contributed by atoms with Crippen LogP contribution in [0.3, 0.4) is 0 Å². The highest BCUT2D eigenvalue weighted by Crippen LogP contribution is 2.47. The van der Waals surface area contributed by atoms with Gasteiger partial charge in [-0.3, -0.25) is 9.32 Å². The predicted octanol–water partition coefficient (Wildman–Crippen LogP) is 6.74. The van der Waals surface area contributed by atoms with Gasteiger partial charge in [-0.15, -0.1) is 0 Å². The van der Waals surface area contributed by atoms with Crippen molar-refractivity contribution in [1.82, 2.24) is 19.6 Å². The van der Waals surface area contributed by atoms with E-state index in [1.54, 1.807) is 45.0 Å². The van der Waals surface area contributed by atoms with Crippen LogP contribution in [0.15, 0.2) is 54.6 Å². The number of fused-ring (bicyclic) bond motifs is 3. The third-order valence-corrected chi connectivity index (χ3v) is 8.83. The van der Waals surface area contributed by atoms with Gasteiger partial charge in [0, 0.05) is 12.0 Å². The molecule has 12 heteroatoms. The zero-order valence-corrected chi connectivity index (χ0v) is 27.3. The van der Waals surface area contributed by atoms with Crippen molar-refractivity contribution in [3.05, 3.63) is 60.4 Å². The number of nitrogen functional groups attached to an aromatic ring is 1. The van der Waals surface area contributed by atoms with Crippen LogP contribution in [0.2, 0.25) is 0 Å². The highest BCUT2D eigenvalue weighted by Gasteiger charge is 2.39. The van der Waals surface area contributed by atoms with Gasteiger partial charge in [0.2, 0.25) is 0 Å². The van der Waals surface area contributed by atoms with Crippen molar-refractivity contribution in [3.8, 4) is 5.75 Å². The first-order chi connectivity index (χ1) is 21.0. The molecule has 238 valence electrons. The van der Waals surface area contributed by atoms with Gasteiger partial charge in [-0.05, 0) is 59.2 Å². The summed E-state index contributed by atoms with van der Waals surface area (Å²) in [5.74, 6) is 0.724. The molecule has 0 aliphatic carbocycles. The summed E-state index contributed by atoms with van der Waals surface area (Å²) >= 11 is 0. The van der Waals surface area contributed by atoms with E-state index in [2.05, 4.69) is 21.6 Å². The summed E-state index contributed by atoms with van der Waals surface area (Å²) in [4.78, 5) is 22.2. The fraction of sp³-hybridized carbons (Fsp3) is 0.469. The number of benzene rings is 2. The molecule has 4 aromatic rings.